The van der Waals surface area contributed by atoms with Crippen LogP contribution in [0, 0.1) is 0 Å². The van der Waals surface area contributed by atoms with Crippen LogP contribution in [0.5, 0.6) is 5.75 Å². The molecular weight excluding hydrogens is 302 g/mol. The monoisotopic (exact) mass is 319 g/mol. The third-order valence-corrected chi connectivity index (χ3v) is 3.18. The van der Waals surface area contributed by atoms with Gasteiger partial charge in [0.25, 0.3) is 5.91 Å². The minimum absolute atomic E-state index is 0.227. The highest BCUT2D eigenvalue weighted by molar-refractivity contribution is 6.30. The van der Waals surface area contributed by atoms with E-state index in [9.17, 15) is 4.79 Å². The number of amides is 1. The van der Waals surface area contributed by atoms with Gasteiger partial charge >= 0.3 is 0 Å². The van der Waals surface area contributed by atoms with Crippen LogP contribution >= 0.6 is 11.6 Å². The molecular formula is C17H18ClNO3. The van der Waals surface area contributed by atoms with Gasteiger partial charge in [0.05, 0.1) is 12.2 Å². The number of rotatable bonds is 7. The number of hydrogen-bond donors (Lipinski definition) is 1. The molecule has 0 radical (unpaired) electrons. The van der Waals surface area contributed by atoms with Gasteiger partial charge in [0.15, 0.2) is 0 Å². The van der Waals surface area contributed by atoms with Crippen LogP contribution in [0.3, 0.4) is 0 Å². The van der Waals surface area contributed by atoms with Gasteiger partial charge < -0.3 is 14.8 Å². The van der Waals surface area contributed by atoms with E-state index in [-0.39, 0.29) is 5.91 Å². The zero-order chi connectivity index (χ0) is 15.8. The van der Waals surface area contributed by atoms with E-state index in [2.05, 4.69) is 5.32 Å². The molecule has 0 unspecified atom stereocenters. The van der Waals surface area contributed by atoms with Crippen molar-refractivity contribution in [1.29, 1.82) is 0 Å². The van der Waals surface area contributed by atoms with E-state index in [0.29, 0.717) is 41.8 Å². The summed E-state index contributed by atoms with van der Waals surface area (Å²) in [5, 5.41) is 3.44. The standard InChI is InChI=1S/C17H18ClNO3/c1-2-21-11-12-22-16-6-4-3-5-15(16)17(20)19-14-9-7-13(18)8-10-14/h3-10H,2,11-12H2,1H3,(H,19,20). The minimum Gasteiger partial charge on any atom is -0.490 e. The lowest BCUT2D eigenvalue weighted by atomic mass is 10.2. The Morgan fingerprint density at radius 1 is 1.09 bits per heavy atom. The predicted molar refractivity (Wildman–Crippen MR) is 87.8 cm³/mol. The van der Waals surface area contributed by atoms with E-state index in [0.717, 1.165) is 0 Å². The van der Waals surface area contributed by atoms with Crippen LogP contribution in [0.2, 0.25) is 5.02 Å². The van der Waals surface area contributed by atoms with Gasteiger partial charge in [-0.3, -0.25) is 4.79 Å². The van der Waals surface area contributed by atoms with Crippen molar-refractivity contribution in [3.05, 3.63) is 59.1 Å². The Morgan fingerprint density at radius 3 is 2.55 bits per heavy atom. The number of carbonyl (C=O) groups is 1. The van der Waals surface area contributed by atoms with Crippen LogP contribution in [0.4, 0.5) is 5.69 Å². The molecule has 0 fully saturated rings. The maximum absolute atomic E-state index is 12.4. The second-order valence-electron chi connectivity index (χ2n) is 4.50. The zero-order valence-electron chi connectivity index (χ0n) is 12.3. The van der Waals surface area contributed by atoms with Crippen molar-refractivity contribution in [2.45, 2.75) is 6.92 Å². The second-order valence-corrected chi connectivity index (χ2v) is 4.94. The molecule has 1 amide bonds. The van der Waals surface area contributed by atoms with Gasteiger partial charge in [0.2, 0.25) is 0 Å². The number of nitrogens with one attached hydrogen (secondary N) is 1. The molecule has 0 bridgehead atoms. The summed E-state index contributed by atoms with van der Waals surface area (Å²) in [6.45, 7) is 3.46. The predicted octanol–water partition coefficient (Wildman–Crippen LogP) is 4.01. The summed E-state index contributed by atoms with van der Waals surface area (Å²) in [5.41, 5.74) is 1.16. The van der Waals surface area contributed by atoms with E-state index in [1.165, 1.54) is 0 Å². The number of anilines is 1. The molecule has 22 heavy (non-hydrogen) atoms. The summed E-state index contributed by atoms with van der Waals surface area (Å²) in [5.74, 6) is 0.308. The van der Waals surface area contributed by atoms with Crippen LogP contribution in [0.25, 0.3) is 0 Å². The molecule has 2 aromatic rings. The highest BCUT2D eigenvalue weighted by Gasteiger charge is 2.12. The third kappa shape index (κ3) is 4.76. The number of hydrogen-bond acceptors (Lipinski definition) is 3. The molecule has 2 aromatic carbocycles. The van der Waals surface area contributed by atoms with E-state index in [1.807, 2.05) is 13.0 Å². The molecule has 0 heterocycles. The van der Waals surface area contributed by atoms with Gasteiger partial charge in [-0.25, -0.2) is 0 Å². The van der Waals surface area contributed by atoms with Crippen molar-refractivity contribution in [2.24, 2.45) is 0 Å². The Hall–Kier alpha value is -2.04. The number of benzene rings is 2. The lowest BCUT2D eigenvalue weighted by molar-refractivity contribution is 0.0998. The van der Waals surface area contributed by atoms with Gasteiger partial charge in [0, 0.05) is 17.3 Å². The van der Waals surface area contributed by atoms with E-state index in [4.69, 9.17) is 21.1 Å². The summed E-state index contributed by atoms with van der Waals surface area (Å²) in [7, 11) is 0. The maximum atomic E-state index is 12.4. The topological polar surface area (TPSA) is 47.6 Å². The molecule has 0 aliphatic rings. The Bertz CT molecular complexity index is 614. The first-order valence-electron chi connectivity index (χ1n) is 7.07. The molecule has 0 aliphatic heterocycles. The molecule has 0 aliphatic carbocycles. The first-order chi connectivity index (χ1) is 10.7. The average Bonchev–Trinajstić information content (AvgIpc) is 2.54. The fraction of sp³-hybridized carbons (Fsp3) is 0.235. The first-order valence-corrected chi connectivity index (χ1v) is 7.45. The highest BCUT2D eigenvalue weighted by atomic mass is 35.5. The zero-order valence-corrected chi connectivity index (χ0v) is 13.1. The summed E-state index contributed by atoms with van der Waals surface area (Å²) < 4.78 is 10.8. The molecule has 2 rings (SSSR count). The number of halogens is 1. The Balaban J connectivity index is 2.03. The van der Waals surface area contributed by atoms with Gasteiger partial charge in [-0.2, -0.15) is 0 Å². The quantitative estimate of drug-likeness (QED) is 0.784. The van der Waals surface area contributed by atoms with Crippen LogP contribution in [0.15, 0.2) is 48.5 Å². The molecule has 0 saturated carbocycles. The molecule has 0 atom stereocenters. The number of para-hydroxylation sites is 1. The van der Waals surface area contributed by atoms with Crippen molar-refractivity contribution in [3.8, 4) is 5.75 Å². The van der Waals surface area contributed by atoms with Gasteiger partial charge in [0.1, 0.15) is 12.4 Å². The summed E-state index contributed by atoms with van der Waals surface area (Å²) in [6.07, 6.45) is 0. The van der Waals surface area contributed by atoms with Gasteiger partial charge in [-0.15, -0.1) is 0 Å². The number of carbonyl (C=O) groups excluding carboxylic acids is 1. The summed E-state index contributed by atoms with van der Waals surface area (Å²) in [4.78, 5) is 12.4. The normalized spacial score (nSPS) is 10.3. The Labute approximate surface area is 135 Å². The second kappa shape index (κ2) is 8.41. The van der Waals surface area contributed by atoms with E-state index in [1.54, 1.807) is 42.5 Å². The van der Waals surface area contributed by atoms with Crippen LogP contribution in [0.1, 0.15) is 17.3 Å². The van der Waals surface area contributed by atoms with Crippen molar-refractivity contribution >= 4 is 23.2 Å². The molecule has 0 spiro atoms. The van der Waals surface area contributed by atoms with Gasteiger partial charge in [-0.05, 0) is 43.3 Å². The highest BCUT2D eigenvalue weighted by Crippen LogP contribution is 2.20. The van der Waals surface area contributed by atoms with E-state index >= 15 is 0 Å². The van der Waals surface area contributed by atoms with Crippen molar-refractivity contribution < 1.29 is 14.3 Å². The number of ether oxygens (including phenoxy) is 2. The maximum Gasteiger partial charge on any atom is 0.259 e. The van der Waals surface area contributed by atoms with Crippen LogP contribution in [-0.2, 0) is 4.74 Å². The fourth-order valence-corrected chi connectivity index (χ4v) is 1.99. The van der Waals surface area contributed by atoms with Crippen LogP contribution in [-0.4, -0.2) is 25.7 Å². The minimum atomic E-state index is -0.227. The fourth-order valence-electron chi connectivity index (χ4n) is 1.87. The van der Waals surface area contributed by atoms with Crippen molar-refractivity contribution in [1.82, 2.24) is 0 Å². The van der Waals surface area contributed by atoms with Crippen molar-refractivity contribution in [2.75, 3.05) is 25.1 Å². The SMILES string of the molecule is CCOCCOc1ccccc1C(=O)Nc1ccc(Cl)cc1. The van der Waals surface area contributed by atoms with Crippen molar-refractivity contribution in [3.63, 3.8) is 0 Å². The molecule has 0 saturated heterocycles. The smallest absolute Gasteiger partial charge is 0.259 e. The molecule has 5 heteroatoms. The van der Waals surface area contributed by atoms with E-state index < -0.39 is 0 Å². The molecule has 4 nitrogen and oxygen atoms in total. The summed E-state index contributed by atoms with van der Waals surface area (Å²) >= 11 is 5.83. The first kappa shape index (κ1) is 16.3. The Morgan fingerprint density at radius 2 is 1.82 bits per heavy atom. The molecule has 1 N–H and O–H groups in total. The average molecular weight is 320 g/mol. The third-order valence-electron chi connectivity index (χ3n) is 2.92. The van der Waals surface area contributed by atoms with Crippen LogP contribution < -0.4 is 10.1 Å². The molecule has 0 aromatic heterocycles. The van der Waals surface area contributed by atoms with Gasteiger partial charge in [-0.1, -0.05) is 23.7 Å². The lowest BCUT2D eigenvalue weighted by Crippen LogP contribution is -2.15. The Kier molecular flexibility index (Phi) is 6.25. The largest absolute Gasteiger partial charge is 0.490 e. The summed E-state index contributed by atoms with van der Waals surface area (Å²) in [6, 6.07) is 14.1. The lowest BCUT2D eigenvalue weighted by Gasteiger charge is -2.11. The molecule has 116 valence electrons.